The molecule has 0 bridgehead atoms. The van der Waals surface area contributed by atoms with Crippen LogP contribution < -0.4 is 36.8 Å². The van der Waals surface area contributed by atoms with Gasteiger partial charge in [0, 0.05) is 41.6 Å². The molecular formula is C44H39N15O3S. The molecule has 0 radical (unpaired) electrons. The Morgan fingerprint density at radius 3 is 1.56 bits per heavy atom. The highest BCUT2D eigenvalue weighted by atomic mass is 32.2. The SMILES string of the molecule is Cc1nc(N)cc(-c2c(Nc3cccc(N(C(=O)Nc4ccccc4)N(c4cccc(Nc5nc6ccccn6c5-c5cc(N)nc(C)n5)c4)S(C)(=O)=O)c3)nc3ccccn23)n1. The highest BCUT2D eigenvalue weighted by molar-refractivity contribution is 7.92. The molecule has 0 spiro atoms. The van der Waals surface area contributed by atoms with E-state index >= 15 is 0 Å². The van der Waals surface area contributed by atoms with E-state index in [2.05, 4.69) is 35.9 Å². The number of anilines is 9. The molecule has 63 heavy (non-hydrogen) atoms. The van der Waals surface area contributed by atoms with Crippen molar-refractivity contribution in [3.8, 4) is 22.8 Å². The molecular weight excluding hydrogens is 819 g/mol. The number of aromatic nitrogens is 8. The highest BCUT2D eigenvalue weighted by Gasteiger charge is 2.32. The number of aryl methyl sites for hydroxylation is 2. The summed E-state index contributed by atoms with van der Waals surface area (Å²) in [4.78, 5) is 42.0. The van der Waals surface area contributed by atoms with Crippen molar-refractivity contribution in [3.05, 3.63) is 151 Å². The van der Waals surface area contributed by atoms with Crippen LogP contribution in [0, 0.1) is 13.8 Å². The molecule has 0 aliphatic rings. The minimum Gasteiger partial charge on any atom is -0.384 e. The zero-order chi connectivity index (χ0) is 43.8. The van der Waals surface area contributed by atoms with Crippen LogP contribution in [-0.2, 0) is 10.0 Å². The fourth-order valence-electron chi connectivity index (χ4n) is 7.23. The lowest BCUT2D eigenvalue weighted by Gasteiger charge is -2.34. The summed E-state index contributed by atoms with van der Waals surface area (Å²) in [7, 11) is -4.26. The number of urea groups is 1. The van der Waals surface area contributed by atoms with E-state index in [-0.39, 0.29) is 17.2 Å². The van der Waals surface area contributed by atoms with Crippen molar-refractivity contribution in [2.24, 2.45) is 0 Å². The molecule has 0 unspecified atom stereocenters. The van der Waals surface area contributed by atoms with E-state index in [0.717, 1.165) is 15.7 Å². The van der Waals surface area contributed by atoms with Crippen LogP contribution in [-0.4, -0.2) is 59.4 Å². The van der Waals surface area contributed by atoms with Crippen molar-refractivity contribution >= 4 is 79.1 Å². The lowest BCUT2D eigenvalue weighted by molar-refractivity contribution is 0.257. The van der Waals surface area contributed by atoms with Gasteiger partial charge in [-0.15, -0.1) is 0 Å². The highest BCUT2D eigenvalue weighted by Crippen LogP contribution is 2.36. The van der Waals surface area contributed by atoms with Crippen molar-refractivity contribution in [2.45, 2.75) is 13.8 Å². The number of hydrazine groups is 1. The van der Waals surface area contributed by atoms with E-state index in [4.69, 9.17) is 21.4 Å². The first-order chi connectivity index (χ1) is 30.4. The minimum absolute atomic E-state index is 0.135. The van der Waals surface area contributed by atoms with Crippen LogP contribution in [0.25, 0.3) is 34.1 Å². The number of fused-ring (bicyclic) bond motifs is 2. The van der Waals surface area contributed by atoms with Gasteiger partial charge in [-0.1, -0.05) is 42.5 Å². The third kappa shape index (κ3) is 8.18. The molecule has 6 aromatic heterocycles. The number of carbonyl (C=O) groups is 1. The molecule has 0 aliphatic carbocycles. The second kappa shape index (κ2) is 16.1. The maximum absolute atomic E-state index is 14.6. The molecule has 9 rings (SSSR count). The number of nitrogens with one attached hydrogen (secondary N) is 3. The van der Waals surface area contributed by atoms with Gasteiger partial charge in [-0.25, -0.2) is 43.1 Å². The topological polar surface area (TPSA) is 232 Å². The Kier molecular flexibility index (Phi) is 10.2. The number of imidazole rings is 2. The minimum atomic E-state index is -4.26. The zero-order valence-corrected chi connectivity index (χ0v) is 34.9. The average Bonchev–Trinajstić information content (AvgIpc) is 3.79. The summed E-state index contributed by atoms with van der Waals surface area (Å²) in [5.74, 6) is 2.39. The number of pyridine rings is 2. The number of sulfonamides is 1. The average molecular weight is 858 g/mol. The number of hydrogen-bond donors (Lipinski definition) is 5. The number of amides is 2. The summed E-state index contributed by atoms with van der Waals surface area (Å²) in [6, 6.07) is 35.9. The van der Waals surface area contributed by atoms with E-state index < -0.39 is 16.1 Å². The van der Waals surface area contributed by atoms with Gasteiger partial charge in [-0.2, -0.15) is 9.42 Å². The number of nitrogen functional groups attached to an aromatic ring is 2. The maximum atomic E-state index is 14.6. The van der Waals surface area contributed by atoms with Gasteiger partial charge in [0.15, 0.2) is 11.6 Å². The van der Waals surface area contributed by atoms with Crippen molar-refractivity contribution < 1.29 is 13.2 Å². The van der Waals surface area contributed by atoms with Gasteiger partial charge < -0.3 is 27.4 Å². The van der Waals surface area contributed by atoms with Gasteiger partial charge in [0.1, 0.15) is 46.0 Å². The van der Waals surface area contributed by atoms with Gasteiger partial charge in [-0.3, -0.25) is 8.80 Å². The Bertz CT molecular complexity index is 3260. The summed E-state index contributed by atoms with van der Waals surface area (Å²) < 4.78 is 32.9. The summed E-state index contributed by atoms with van der Waals surface area (Å²) >= 11 is 0. The normalized spacial score (nSPS) is 11.4. The number of carbonyl (C=O) groups excluding carboxylic acids is 1. The van der Waals surface area contributed by atoms with Crippen LogP contribution in [0.4, 0.5) is 56.5 Å². The first-order valence-corrected chi connectivity index (χ1v) is 21.3. The second-order valence-corrected chi connectivity index (χ2v) is 16.2. The molecule has 6 heterocycles. The maximum Gasteiger partial charge on any atom is 0.346 e. The number of nitrogens with two attached hydrogens (primary N) is 2. The molecule has 9 aromatic rings. The Labute approximate surface area is 361 Å². The van der Waals surface area contributed by atoms with Crippen LogP contribution in [0.1, 0.15) is 11.6 Å². The van der Waals surface area contributed by atoms with Crippen molar-refractivity contribution in [3.63, 3.8) is 0 Å². The zero-order valence-electron chi connectivity index (χ0n) is 34.0. The predicted molar refractivity (Wildman–Crippen MR) is 245 cm³/mol. The first kappa shape index (κ1) is 39.9. The number of hydrogen-bond acceptors (Lipinski definition) is 13. The molecule has 314 valence electrons. The Balaban J connectivity index is 1.13. The molecule has 19 heteroatoms. The molecule has 0 saturated heterocycles. The van der Waals surface area contributed by atoms with Gasteiger partial charge in [-0.05, 0) is 86.6 Å². The van der Waals surface area contributed by atoms with Crippen molar-refractivity contribution in [1.82, 2.24) is 38.7 Å². The molecule has 7 N–H and O–H groups in total. The quantitative estimate of drug-likeness (QED) is 0.0791. The summed E-state index contributed by atoms with van der Waals surface area (Å²) in [6.07, 6.45) is 4.74. The summed E-state index contributed by atoms with van der Waals surface area (Å²) in [5, 5.41) is 10.7. The van der Waals surface area contributed by atoms with Crippen LogP contribution >= 0.6 is 0 Å². The summed E-state index contributed by atoms with van der Waals surface area (Å²) in [6.45, 7) is 3.50. The Morgan fingerprint density at radius 1 is 0.571 bits per heavy atom. The lowest BCUT2D eigenvalue weighted by Crippen LogP contribution is -2.52. The smallest absolute Gasteiger partial charge is 0.346 e. The van der Waals surface area contributed by atoms with Gasteiger partial charge in [0.2, 0.25) is 10.0 Å². The largest absolute Gasteiger partial charge is 0.384 e. The number of benzene rings is 3. The fraction of sp³-hybridized carbons (Fsp3) is 0.0682. The molecule has 0 saturated carbocycles. The first-order valence-electron chi connectivity index (χ1n) is 19.5. The molecule has 0 fully saturated rings. The summed E-state index contributed by atoms with van der Waals surface area (Å²) in [5.41, 5.74) is 17.6. The Morgan fingerprint density at radius 2 is 1.05 bits per heavy atom. The second-order valence-electron chi connectivity index (χ2n) is 14.4. The molecule has 0 atom stereocenters. The molecule has 3 aromatic carbocycles. The fourth-order valence-corrected chi connectivity index (χ4v) is 8.19. The third-order valence-electron chi connectivity index (χ3n) is 9.66. The van der Waals surface area contributed by atoms with Gasteiger partial charge >= 0.3 is 6.03 Å². The van der Waals surface area contributed by atoms with Crippen molar-refractivity contribution in [1.29, 1.82) is 0 Å². The van der Waals surface area contributed by atoms with Crippen LogP contribution in [0.15, 0.2) is 140 Å². The van der Waals surface area contributed by atoms with Crippen molar-refractivity contribution in [2.75, 3.05) is 43.1 Å². The van der Waals surface area contributed by atoms with E-state index in [1.807, 2.05) is 63.7 Å². The molecule has 2 amide bonds. The molecule has 18 nitrogen and oxygen atoms in total. The Hall–Kier alpha value is -8.58. The number of rotatable bonds is 11. The van der Waals surface area contributed by atoms with Crippen LogP contribution in [0.5, 0.6) is 0 Å². The van der Waals surface area contributed by atoms with E-state index in [1.54, 1.807) is 98.8 Å². The number of nitrogens with zero attached hydrogens (tertiary/aromatic N) is 10. The third-order valence-corrected chi connectivity index (χ3v) is 10.7. The predicted octanol–water partition coefficient (Wildman–Crippen LogP) is 7.58. The standard InChI is InChI=1S/C44H39N15O3S/c1-27-47-34(25-36(45)49-27)40-42(54-38-19-7-9-21-56(38)40)51-30-15-11-17-32(23-30)58(44(60)53-29-13-5-4-6-14-29)59(63(3,61)62)33-18-12-16-31(24-33)52-43-41(35-26-37(46)50-28(2)48-35)57-22-10-8-20-39(57)55-43/h4-26,51-52H,1-3H3,(H,53,60)(H2,45,47,49)(H2,46,48,50). The monoisotopic (exact) mass is 857 g/mol. The lowest BCUT2D eigenvalue weighted by atomic mass is 10.2. The van der Waals surface area contributed by atoms with Crippen LogP contribution in [0.3, 0.4) is 0 Å². The van der Waals surface area contributed by atoms with E-state index in [0.29, 0.717) is 80.2 Å². The van der Waals surface area contributed by atoms with E-state index in [1.165, 1.54) is 0 Å². The molecule has 0 aliphatic heterocycles. The van der Waals surface area contributed by atoms with Gasteiger partial charge in [0.25, 0.3) is 0 Å². The van der Waals surface area contributed by atoms with E-state index in [9.17, 15) is 13.2 Å². The van der Waals surface area contributed by atoms with Gasteiger partial charge in [0.05, 0.1) is 29.0 Å². The van der Waals surface area contributed by atoms with Crippen LogP contribution in [0.2, 0.25) is 0 Å². The number of para-hydroxylation sites is 1.